The molecule has 0 fully saturated rings. The molecule has 6 heteroatoms. The monoisotopic (exact) mass is 275 g/mol. The fourth-order valence-corrected chi connectivity index (χ4v) is 1.52. The van der Waals surface area contributed by atoms with E-state index in [1.54, 1.807) is 0 Å². The van der Waals surface area contributed by atoms with Crippen molar-refractivity contribution in [1.29, 1.82) is 0 Å². The molecule has 0 bridgehead atoms. The number of benzene rings is 1. The molecule has 0 saturated heterocycles. The average Bonchev–Trinajstić information content (AvgIpc) is 2.38. The normalized spacial score (nSPS) is 9.55. The van der Waals surface area contributed by atoms with E-state index < -0.39 is 11.9 Å². The molecule has 0 unspecified atom stereocenters. The van der Waals surface area contributed by atoms with Gasteiger partial charge in [0.25, 0.3) is 0 Å². The number of unbranched alkanes of at least 4 members (excludes halogenated alkanes) is 1. The molecule has 0 aromatic heterocycles. The molecule has 104 valence electrons. The highest BCUT2D eigenvalue weighted by Gasteiger charge is 2.12. The minimum absolute atomic E-state index is 0.132. The first-order valence-electron chi connectivity index (χ1n) is 5.79. The van der Waals surface area contributed by atoms with E-state index in [-0.39, 0.29) is 29.1 Å². The summed E-state index contributed by atoms with van der Waals surface area (Å²) in [6, 6.07) is 3.43. The highest BCUT2D eigenvalue weighted by molar-refractivity contribution is 5.98. The summed E-state index contributed by atoms with van der Waals surface area (Å²) in [7, 11) is 0. The Morgan fingerprint density at radius 3 is 2.10 bits per heavy atom. The van der Waals surface area contributed by atoms with Gasteiger partial charge in [-0.15, -0.1) is 12.3 Å². The summed E-state index contributed by atoms with van der Waals surface area (Å²) in [4.78, 5) is 33.4. The van der Waals surface area contributed by atoms with Crippen LogP contribution in [0.2, 0.25) is 0 Å². The Labute approximate surface area is 115 Å². The number of amides is 1. The van der Waals surface area contributed by atoms with Gasteiger partial charge in [-0.2, -0.15) is 0 Å². The van der Waals surface area contributed by atoms with Crippen molar-refractivity contribution >= 4 is 23.5 Å². The number of rotatable bonds is 6. The Morgan fingerprint density at radius 2 is 1.65 bits per heavy atom. The van der Waals surface area contributed by atoms with Gasteiger partial charge in [0.05, 0.1) is 11.1 Å². The largest absolute Gasteiger partial charge is 0.478 e. The maximum Gasteiger partial charge on any atom is 0.335 e. The molecule has 0 aliphatic heterocycles. The zero-order valence-corrected chi connectivity index (χ0v) is 10.5. The van der Waals surface area contributed by atoms with E-state index in [1.807, 2.05) is 0 Å². The molecule has 1 aromatic rings. The number of hydrogen-bond acceptors (Lipinski definition) is 3. The van der Waals surface area contributed by atoms with Gasteiger partial charge in [0.2, 0.25) is 5.91 Å². The Kier molecular flexibility index (Phi) is 5.30. The molecular weight excluding hydrogens is 262 g/mol. The molecule has 1 rings (SSSR count). The van der Waals surface area contributed by atoms with Gasteiger partial charge in [-0.1, -0.05) is 0 Å². The van der Waals surface area contributed by atoms with E-state index in [1.165, 1.54) is 12.1 Å². The first kappa shape index (κ1) is 15.2. The molecule has 3 N–H and O–H groups in total. The SMILES string of the molecule is C#CCCCC(=O)Nc1cc(C(=O)O)cc(C(=O)O)c1. The Morgan fingerprint density at radius 1 is 1.10 bits per heavy atom. The lowest BCUT2D eigenvalue weighted by Crippen LogP contribution is -2.13. The number of carbonyl (C=O) groups excluding carboxylic acids is 1. The molecule has 0 heterocycles. The molecule has 0 saturated carbocycles. The van der Waals surface area contributed by atoms with Crippen LogP contribution in [-0.4, -0.2) is 28.1 Å². The third-order valence-corrected chi connectivity index (χ3v) is 2.44. The number of carbonyl (C=O) groups is 3. The average molecular weight is 275 g/mol. The lowest BCUT2D eigenvalue weighted by atomic mass is 10.1. The summed E-state index contributed by atoms with van der Waals surface area (Å²) in [5.74, 6) is -0.484. The van der Waals surface area contributed by atoms with E-state index in [4.69, 9.17) is 16.6 Å². The summed E-state index contributed by atoms with van der Waals surface area (Å²) in [5, 5.41) is 20.2. The van der Waals surface area contributed by atoms with Crippen LogP contribution in [0.3, 0.4) is 0 Å². The summed E-state index contributed by atoms with van der Waals surface area (Å²) >= 11 is 0. The number of anilines is 1. The third kappa shape index (κ3) is 4.46. The van der Waals surface area contributed by atoms with Gasteiger partial charge in [0.1, 0.15) is 0 Å². The predicted molar refractivity (Wildman–Crippen MR) is 71.7 cm³/mol. The van der Waals surface area contributed by atoms with Crippen molar-refractivity contribution in [3.63, 3.8) is 0 Å². The second-order valence-electron chi connectivity index (χ2n) is 4.02. The topological polar surface area (TPSA) is 104 Å². The molecule has 1 amide bonds. The molecule has 0 aliphatic carbocycles. The van der Waals surface area contributed by atoms with E-state index in [0.717, 1.165) is 6.07 Å². The quantitative estimate of drug-likeness (QED) is 0.542. The summed E-state index contributed by atoms with van der Waals surface area (Å²) in [5.41, 5.74) is -0.277. The summed E-state index contributed by atoms with van der Waals surface area (Å²) in [6.45, 7) is 0. The Bertz CT molecular complexity index is 553. The van der Waals surface area contributed by atoms with Crippen LogP contribution in [0, 0.1) is 12.3 Å². The maximum absolute atomic E-state index is 11.6. The molecule has 0 aliphatic rings. The number of hydrogen-bond donors (Lipinski definition) is 3. The van der Waals surface area contributed by atoms with Crippen LogP contribution in [0.4, 0.5) is 5.69 Å². The standard InChI is InChI=1S/C14H13NO5/c1-2-3-4-5-12(16)15-11-7-9(13(17)18)6-10(8-11)14(19)20/h1,6-8H,3-5H2,(H,15,16)(H,17,18)(H,19,20). The third-order valence-electron chi connectivity index (χ3n) is 2.44. The van der Waals surface area contributed by atoms with Crippen molar-refractivity contribution in [2.24, 2.45) is 0 Å². The van der Waals surface area contributed by atoms with Gasteiger partial charge < -0.3 is 15.5 Å². The van der Waals surface area contributed by atoms with E-state index >= 15 is 0 Å². The maximum atomic E-state index is 11.6. The van der Waals surface area contributed by atoms with E-state index in [9.17, 15) is 14.4 Å². The number of carboxylic acid groups (broad SMARTS) is 2. The number of aromatic carboxylic acids is 2. The zero-order valence-electron chi connectivity index (χ0n) is 10.5. The highest BCUT2D eigenvalue weighted by Crippen LogP contribution is 2.16. The van der Waals surface area contributed by atoms with Crippen LogP contribution in [0.25, 0.3) is 0 Å². The first-order chi connectivity index (χ1) is 9.43. The highest BCUT2D eigenvalue weighted by atomic mass is 16.4. The van der Waals surface area contributed by atoms with Gasteiger partial charge in [-0.3, -0.25) is 4.79 Å². The van der Waals surface area contributed by atoms with Crippen LogP contribution < -0.4 is 5.32 Å². The van der Waals surface area contributed by atoms with Gasteiger partial charge >= 0.3 is 11.9 Å². The Hall–Kier alpha value is -2.81. The molecule has 20 heavy (non-hydrogen) atoms. The molecule has 6 nitrogen and oxygen atoms in total. The van der Waals surface area contributed by atoms with Gasteiger partial charge in [-0.05, 0) is 24.6 Å². The van der Waals surface area contributed by atoms with Crippen molar-refractivity contribution in [3.05, 3.63) is 29.3 Å². The van der Waals surface area contributed by atoms with Crippen LogP contribution in [0.15, 0.2) is 18.2 Å². The van der Waals surface area contributed by atoms with Gasteiger partial charge in [-0.25, -0.2) is 9.59 Å². The fourth-order valence-electron chi connectivity index (χ4n) is 1.52. The molecule has 0 atom stereocenters. The fraction of sp³-hybridized carbons (Fsp3) is 0.214. The van der Waals surface area contributed by atoms with Crippen LogP contribution in [0.5, 0.6) is 0 Å². The zero-order chi connectivity index (χ0) is 15.1. The lowest BCUT2D eigenvalue weighted by Gasteiger charge is -2.07. The van der Waals surface area contributed by atoms with Gasteiger partial charge in [0, 0.05) is 18.5 Å². The van der Waals surface area contributed by atoms with Crippen LogP contribution in [0.1, 0.15) is 40.0 Å². The van der Waals surface area contributed by atoms with E-state index in [0.29, 0.717) is 12.8 Å². The number of terminal acetylenes is 1. The smallest absolute Gasteiger partial charge is 0.335 e. The molecule has 0 spiro atoms. The van der Waals surface area contributed by atoms with Crippen molar-refractivity contribution in [1.82, 2.24) is 0 Å². The van der Waals surface area contributed by atoms with Crippen molar-refractivity contribution in [2.45, 2.75) is 19.3 Å². The molecular formula is C14H13NO5. The minimum atomic E-state index is -1.27. The molecule has 0 radical (unpaired) electrons. The Balaban J connectivity index is 2.89. The second-order valence-corrected chi connectivity index (χ2v) is 4.02. The number of carboxylic acids is 2. The first-order valence-corrected chi connectivity index (χ1v) is 5.79. The predicted octanol–water partition coefficient (Wildman–Crippen LogP) is 1.82. The summed E-state index contributed by atoms with van der Waals surface area (Å²) < 4.78 is 0. The second kappa shape index (κ2) is 6.95. The molecule has 1 aromatic carbocycles. The number of nitrogens with one attached hydrogen (secondary N) is 1. The minimum Gasteiger partial charge on any atom is -0.478 e. The van der Waals surface area contributed by atoms with Crippen LogP contribution in [-0.2, 0) is 4.79 Å². The van der Waals surface area contributed by atoms with E-state index in [2.05, 4.69) is 11.2 Å². The van der Waals surface area contributed by atoms with Crippen LogP contribution >= 0.6 is 0 Å². The van der Waals surface area contributed by atoms with Crippen molar-refractivity contribution < 1.29 is 24.6 Å². The summed E-state index contributed by atoms with van der Waals surface area (Å²) in [6.07, 6.45) is 6.21. The lowest BCUT2D eigenvalue weighted by molar-refractivity contribution is -0.116. The van der Waals surface area contributed by atoms with Gasteiger partial charge in [0.15, 0.2) is 0 Å². The van der Waals surface area contributed by atoms with Crippen molar-refractivity contribution in [2.75, 3.05) is 5.32 Å². The van der Waals surface area contributed by atoms with Crippen molar-refractivity contribution in [3.8, 4) is 12.3 Å².